The van der Waals surface area contributed by atoms with Crippen LogP contribution in [0.1, 0.15) is 52.7 Å². The van der Waals surface area contributed by atoms with Crippen LogP contribution in [-0.4, -0.2) is 41.8 Å². The average molecular weight is 379 g/mol. The van der Waals surface area contributed by atoms with Crippen LogP contribution in [0.15, 0.2) is 36.4 Å². The first-order valence-corrected chi connectivity index (χ1v) is 10.4. The maximum absolute atomic E-state index is 12.9. The van der Waals surface area contributed by atoms with E-state index >= 15 is 0 Å². The van der Waals surface area contributed by atoms with Crippen molar-refractivity contribution in [3.63, 3.8) is 0 Å². The predicted molar refractivity (Wildman–Crippen MR) is 114 cm³/mol. The normalized spacial score (nSPS) is 18.0. The van der Waals surface area contributed by atoms with Crippen molar-refractivity contribution in [2.75, 3.05) is 37.6 Å². The van der Waals surface area contributed by atoms with Crippen molar-refractivity contribution in [1.82, 2.24) is 9.80 Å². The van der Waals surface area contributed by atoms with Gasteiger partial charge in [0, 0.05) is 35.6 Å². The molecule has 2 aliphatic rings. The first kappa shape index (κ1) is 19.0. The van der Waals surface area contributed by atoms with E-state index in [-0.39, 0.29) is 5.78 Å². The molecule has 5 nitrogen and oxygen atoms in total. The van der Waals surface area contributed by atoms with Gasteiger partial charge in [0.2, 0.25) is 0 Å². The molecule has 4 N–H and O–H groups in total. The van der Waals surface area contributed by atoms with E-state index in [9.17, 15) is 4.79 Å². The average Bonchev–Trinajstić information content (AvgIpc) is 3.38. The number of carbonyl (C=O) groups excluding carboxylic acids is 1. The van der Waals surface area contributed by atoms with Crippen molar-refractivity contribution in [3.8, 4) is 0 Å². The third-order valence-corrected chi connectivity index (χ3v) is 6.00. The number of nitrogens with zero attached hydrogens (tertiary/aromatic N) is 2. The van der Waals surface area contributed by atoms with Gasteiger partial charge in [0.05, 0.1) is 0 Å². The van der Waals surface area contributed by atoms with Crippen LogP contribution < -0.4 is 11.5 Å². The van der Waals surface area contributed by atoms with Gasteiger partial charge < -0.3 is 11.5 Å². The van der Waals surface area contributed by atoms with Crippen LogP contribution >= 0.6 is 0 Å². The minimum Gasteiger partial charge on any atom is -0.398 e. The number of carbonyl (C=O) groups is 1. The Kier molecular flexibility index (Phi) is 5.64. The SMILES string of the molecule is Nc1cc(C(=O)c2ccc(CN3CCCC3)c(N)c2)ccc1CN1CCCC1. The van der Waals surface area contributed by atoms with E-state index in [0.717, 1.165) is 50.4 Å². The topological polar surface area (TPSA) is 75.6 Å². The summed E-state index contributed by atoms with van der Waals surface area (Å²) in [5, 5.41) is 0. The molecule has 0 aliphatic carbocycles. The molecule has 0 bridgehead atoms. The molecule has 2 aromatic carbocycles. The Balaban J connectivity index is 1.47. The molecule has 0 saturated carbocycles. The number of nitrogens with two attached hydrogens (primary N) is 2. The van der Waals surface area contributed by atoms with E-state index in [2.05, 4.69) is 9.80 Å². The van der Waals surface area contributed by atoms with Gasteiger partial charge in [-0.25, -0.2) is 0 Å². The van der Waals surface area contributed by atoms with Gasteiger partial charge in [0.25, 0.3) is 0 Å². The van der Waals surface area contributed by atoms with E-state index in [1.54, 1.807) is 0 Å². The number of ketones is 1. The van der Waals surface area contributed by atoms with E-state index in [4.69, 9.17) is 11.5 Å². The van der Waals surface area contributed by atoms with Gasteiger partial charge in [-0.05, 0) is 75.1 Å². The molecule has 5 heteroatoms. The summed E-state index contributed by atoms with van der Waals surface area (Å²) in [4.78, 5) is 17.7. The lowest BCUT2D eigenvalue weighted by Crippen LogP contribution is -2.19. The molecular formula is C23H30N4O. The van der Waals surface area contributed by atoms with Gasteiger partial charge >= 0.3 is 0 Å². The monoisotopic (exact) mass is 378 g/mol. The number of rotatable bonds is 6. The highest BCUT2D eigenvalue weighted by molar-refractivity contribution is 6.10. The summed E-state index contributed by atoms with van der Waals surface area (Å²) in [6.07, 6.45) is 5.02. The lowest BCUT2D eigenvalue weighted by atomic mass is 9.98. The Morgan fingerprint density at radius 2 is 1.11 bits per heavy atom. The predicted octanol–water partition coefficient (Wildman–Crippen LogP) is 3.27. The van der Waals surface area contributed by atoms with Crippen LogP contribution in [0.5, 0.6) is 0 Å². The summed E-state index contributed by atoms with van der Waals surface area (Å²) in [6.45, 7) is 6.23. The number of hydrogen-bond acceptors (Lipinski definition) is 5. The Labute approximate surface area is 167 Å². The third-order valence-electron chi connectivity index (χ3n) is 6.00. The van der Waals surface area contributed by atoms with E-state index in [1.165, 1.54) is 25.7 Å². The number of anilines is 2. The van der Waals surface area contributed by atoms with Gasteiger partial charge in [-0.1, -0.05) is 24.3 Å². The van der Waals surface area contributed by atoms with Crippen LogP contribution in [0.25, 0.3) is 0 Å². The molecule has 2 aliphatic heterocycles. The second-order valence-corrected chi connectivity index (χ2v) is 8.12. The summed E-state index contributed by atoms with van der Waals surface area (Å²) in [5.74, 6) is -0.0288. The van der Waals surface area contributed by atoms with Gasteiger partial charge in [0.15, 0.2) is 5.78 Å². The van der Waals surface area contributed by atoms with Crippen molar-refractivity contribution in [2.24, 2.45) is 0 Å². The first-order valence-electron chi connectivity index (χ1n) is 10.4. The number of hydrogen-bond donors (Lipinski definition) is 2. The molecule has 2 aromatic rings. The summed E-state index contributed by atoms with van der Waals surface area (Å²) < 4.78 is 0. The van der Waals surface area contributed by atoms with E-state index in [0.29, 0.717) is 22.5 Å². The smallest absolute Gasteiger partial charge is 0.193 e. The van der Waals surface area contributed by atoms with Crippen molar-refractivity contribution >= 4 is 17.2 Å². The highest BCUT2D eigenvalue weighted by Crippen LogP contribution is 2.23. The number of benzene rings is 2. The van der Waals surface area contributed by atoms with Crippen LogP contribution in [-0.2, 0) is 13.1 Å². The highest BCUT2D eigenvalue weighted by atomic mass is 16.1. The molecule has 28 heavy (non-hydrogen) atoms. The molecule has 148 valence electrons. The maximum Gasteiger partial charge on any atom is 0.193 e. The number of nitrogen functional groups attached to an aromatic ring is 2. The van der Waals surface area contributed by atoms with Gasteiger partial charge in [-0.3, -0.25) is 14.6 Å². The van der Waals surface area contributed by atoms with Crippen LogP contribution in [0.4, 0.5) is 11.4 Å². The highest BCUT2D eigenvalue weighted by Gasteiger charge is 2.17. The zero-order valence-electron chi connectivity index (χ0n) is 16.5. The number of likely N-dealkylation sites (tertiary alicyclic amines) is 2. The fourth-order valence-electron chi connectivity index (χ4n) is 4.29. The fourth-order valence-corrected chi connectivity index (χ4v) is 4.29. The molecule has 2 fully saturated rings. The van der Waals surface area contributed by atoms with Crippen molar-refractivity contribution < 1.29 is 4.79 Å². The Hall–Kier alpha value is -2.37. The lowest BCUT2D eigenvalue weighted by Gasteiger charge is -2.17. The molecule has 0 unspecified atom stereocenters. The van der Waals surface area contributed by atoms with Crippen molar-refractivity contribution in [1.29, 1.82) is 0 Å². The summed E-state index contributed by atoms with van der Waals surface area (Å²) in [7, 11) is 0. The lowest BCUT2D eigenvalue weighted by molar-refractivity contribution is 0.103. The maximum atomic E-state index is 12.9. The standard InChI is InChI=1S/C23H30N4O/c24-21-13-17(5-7-19(21)15-26-9-1-2-10-26)23(28)18-6-8-20(22(25)14-18)16-27-11-3-4-12-27/h5-8,13-14H,1-4,9-12,15-16,24-25H2. The van der Waals surface area contributed by atoms with Gasteiger partial charge in [-0.15, -0.1) is 0 Å². The van der Waals surface area contributed by atoms with E-state index in [1.807, 2.05) is 36.4 Å². The van der Waals surface area contributed by atoms with Gasteiger partial charge in [0.1, 0.15) is 0 Å². The second kappa shape index (κ2) is 8.33. The second-order valence-electron chi connectivity index (χ2n) is 8.12. The van der Waals surface area contributed by atoms with Crippen LogP contribution in [0, 0.1) is 0 Å². The molecule has 0 spiro atoms. The van der Waals surface area contributed by atoms with Crippen molar-refractivity contribution in [2.45, 2.75) is 38.8 Å². The molecule has 0 amide bonds. The summed E-state index contributed by atoms with van der Waals surface area (Å²) >= 11 is 0. The fraction of sp³-hybridized carbons (Fsp3) is 0.435. The summed E-state index contributed by atoms with van der Waals surface area (Å²) in [6, 6.07) is 11.4. The van der Waals surface area contributed by atoms with E-state index < -0.39 is 0 Å². The van der Waals surface area contributed by atoms with Crippen LogP contribution in [0.3, 0.4) is 0 Å². The molecule has 2 heterocycles. The Morgan fingerprint density at radius 1 is 0.714 bits per heavy atom. The minimum atomic E-state index is -0.0288. The molecule has 0 aromatic heterocycles. The third kappa shape index (κ3) is 4.21. The Bertz CT molecular complexity index is 782. The quantitative estimate of drug-likeness (QED) is 0.596. The summed E-state index contributed by atoms with van der Waals surface area (Å²) in [5.41, 5.74) is 17.3. The molecule has 4 rings (SSSR count). The molecule has 2 saturated heterocycles. The Morgan fingerprint density at radius 3 is 1.46 bits per heavy atom. The largest absolute Gasteiger partial charge is 0.398 e. The zero-order chi connectivity index (χ0) is 19.5. The molecular weight excluding hydrogens is 348 g/mol. The van der Waals surface area contributed by atoms with Gasteiger partial charge in [-0.2, -0.15) is 0 Å². The van der Waals surface area contributed by atoms with Crippen molar-refractivity contribution in [3.05, 3.63) is 58.7 Å². The zero-order valence-corrected chi connectivity index (χ0v) is 16.5. The molecule has 0 atom stereocenters. The first-order chi connectivity index (χ1) is 13.6. The minimum absolute atomic E-state index is 0.0288. The molecule has 0 radical (unpaired) electrons. The van der Waals surface area contributed by atoms with Crippen LogP contribution in [0.2, 0.25) is 0 Å².